The maximum Gasteiger partial charge on any atom is 0.275 e. The van der Waals surface area contributed by atoms with Gasteiger partial charge in [0, 0.05) is 12.6 Å². The zero-order chi connectivity index (χ0) is 10.7. The van der Waals surface area contributed by atoms with Gasteiger partial charge < -0.3 is 10.8 Å². The lowest BCUT2D eigenvalue weighted by molar-refractivity contribution is -0.386. The Morgan fingerprint density at radius 1 is 1.64 bits per heavy atom. The van der Waals surface area contributed by atoms with E-state index in [-0.39, 0.29) is 12.2 Å². The van der Waals surface area contributed by atoms with Crippen molar-refractivity contribution in [3.8, 4) is 0 Å². The average molecular weight is 196 g/mol. The molecule has 0 aliphatic rings. The van der Waals surface area contributed by atoms with Gasteiger partial charge in [0.1, 0.15) is 0 Å². The fraction of sp³-hybridized carbons (Fsp3) is 0.333. The fourth-order valence-electron chi connectivity index (χ4n) is 1.23. The molecule has 0 spiro atoms. The van der Waals surface area contributed by atoms with Gasteiger partial charge in [0.2, 0.25) is 0 Å². The van der Waals surface area contributed by atoms with Crippen molar-refractivity contribution in [1.29, 1.82) is 0 Å². The maximum absolute atomic E-state index is 10.6. The zero-order valence-corrected chi connectivity index (χ0v) is 7.80. The Labute approximate surface area is 81.3 Å². The van der Waals surface area contributed by atoms with E-state index in [1.807, 2.05) is 0 Å². The number of benzene rings is 1. The van der Waals surface area contributed by atoms with Crippen LogP contribution in [0.15, 0.2) is 18.2 Å². The first-order valence-corrected chi connectivity index (χ1v) is 4.21. The number of hydrogen-bond donors (Lipinski definition) is 2. The van der Waals surface area contributed by atoms with Crippen LogP contribution in [0.2, 0.25) is 0 Å². The summed E-state index contributed by atoms with van der Waals surface area (Å²) < 4.78 is 0. The molecule has 0 aliphatic heterocycles. The maximum atomic E-state index is 10.6. The number of nitrogens with zero attached hydrogens (tertiary/aromatic N) is 1. The lowest BCUT2D eigenvalue weighted by Crippen LogP contribution is -2.02. The minimum atomic E-state index is -0.845. The molecule has 5 nitrogen and oxygen atoms in total. The topological polar surface area (TPSA) is 89.4 Å². The molecule has 1 aromatic rings. The molecule has 0 amide bonds. The Hall–Kier alpha value is -1.46. The summed E-state index contributed by atoms with van der Waals surface area (Å²) in [4.78, 5) is 10.1. The van der Waals surface area contributed by atoms with Crippen molar-refractivity contribution >= 4 is 5.69 Å². The summed E-state index contributed by atoms with van der Waals surface area (Å²) in [7, 11) is 0. The van der Waals surface area contributed by atoms with Crippen molar-refractivity contribution in [3.63, 3.8) is 0 Å². The molecule has 14 heavy (non-hydrogen) atoms. The highest BCUT2D eigenvalue weighted by Gasteiger charge is 2.17. The molecule has 0 aliphatic carbocycles. The van der Waals surface area contributed by atoms with E-state index in [2.05, 4.69) is 0 Å². The molecule has 1 unspecified atom stereocenters. The third-order valence-corrected chi connectivity index (χ3v) is 1.98. The quantitative estimate of drug-likeness (QED) is 0.559. The van der Waals surface area contributed by atoms with Crippen molar-refractivity contribution in [3.05, 3.63) is 39.4 Å². The number of aliphatic hydroxyl groups excluding tert-OH is 1. The molecule has 0 heterocycles. The Balaban J connectivity index is 3.24. The molecule has 0 saturated carbocycles. The summed E-state index contributed by atoms with van der Waals surface area (Å²) >= 11 is 0. The van der Waals surface area contributed by atoms with Crippen LogP contribution in [-0.4, -0.2) is 10.0 Å². The smallest absolute Gasteiger partial charge is 0.275 e. The van der Waals surface area contributed by atoms with Gasteiger partial charge in [0.25, 0.3) is 5.69 Å². The van der Waals surface area contributed by atoms with E-state index < -0.39 is 11.0 Å². The van der Waals surface area contributed by atoms with Crippen molar-refractivity contribution in [2.45, 2.75) is 19.6 Å². The summed E-state index contributed by atoms with van der Waals surface area (Å²) in [5.41, 5.74) is 6.27. The van der Waals surface area contributed by atoms with E-state index in [0.29, 0.717) is 11.1 Å². The second-order valence-corrected chi connectivity index (χ2v) is 3.03. The van der Waals surface area contributed by atoms with Gasteiger partial charge in [-0.1, -0.05) is 6.07 Å². The van der Waals surface area contributed by atoms with Crippen molar-refractivity contribution in [1.82, 2.24) is 0 Å². The van der Waals surface area contributed by atoms with Gasteiger partial charge in [-0.25, -0.2) is 0 Å². The molecule has 0 saturated heterocycles. The predicted molar refractivity (Wildman–Crippen MR) is 51.6 cm³/mol. The monoisotopic (exact) mass is 196 g/mol. The molecule has 0 bridgehead atoms. The lowest BCUT2D eigenvalue weighted by atomic mass is 10.1. The first-order valence-electron chi connectivity index (χ1n) is 4.21. The van der Waals surface area contributed by atoms with E-state index in [0.717, 1.165) is 0 Å². The lowest BCUT2D eigenvalue weighted by Gasteiger charge is -2.06. The van der Waals surface area contributed by atoms with Crippen molar-refractivity contribution < 1.29 is 10.0 Å². The normalized spacial score (nSPS) is 12.5. The summed E-state index contributed by atoms with van der Waals surface area (Å²) in [5.74, 6) is 0. The molecular weight excluding hydrogens is 184 g/mol. The third kappa shape index (κ3) is 2.07. The van der Waals surface area contributed by atoms with Gasteiger partial charge in [0.15, 0.2) is 0 Å². The largest absolute Gasteiger partial charge is 0.388 e. The molecule has 0 aromatic heterocycles. The minimum absolute atomic E-state index is 0.0806. The summed E-state index contributed by atoms with van der Waals surface area (Å²) in [5, 5.41) is 19.9. The van der Waals surface area contributed by atoms with Crippen molar-refractivity contribution in [2.75, 3.05) is 0 Å². The van der Waals surface area contributed by atoms with E-state index in [4.69, 9.17) is 5.73 Å². The molecule has 0 radical (unpaired) electrons. The summed E-state index contributed by atoms with van der Waals surface area (Å²) in [6.45, 7) is 1.74. The van der Waals surface area contributed by atoms with Gasteiger partial charge in [-0.3, -0.25) is 10.1 Å². The standard InChI is InChI=1S/C9H12N2O3/c1-6(12)8-3-2-7(5-10)4-9(8)11(13)14/h2-4,6,12H,5,10H2,1H3. The first kappa shape index (κ1) is 10.6. The minimum Gasteiger partial charge on any atom is -0.388 e. The molecule has 76 valence electrons. The van der Waals surface area contributed by atoms with Crippen LogP contribution in [0.5, 0.6) is 0 Å². The molecule has 1 aromatic carbocycles. The molecule has 3 N–H and O–H groups in total. The highest BCUT2D eigenvalue weighted by molar-refractivity contribution is 5.44. The average Bonchev–Trinajstić information content (AvgIpc) is 2.16. The van der Waals surface area contributed by atoms with Crippen LogP contribution in [0, 0.1) is 10.1 Å². The van der Waals surface area contributed by atoms with Crippen LogP contribution in [0.3, 0.4) is 0 Å². The molecule has 1 atom stereocenters. The number of aliphatic hydroxyl groups is 1. The second kappa shape index (κ2) is 4.17. The summed E-state index contributed by atoms with van der Waals surface area (Å²) in [6, 6.07) is 4.60. The Morgan fingerprint density at radius 3 is 2.71 bits per heavy atom. The van der Waals surface area contributed by atoms with E-state index >= 15 is 0 Å². The van der Waals surface area contributed by atoms with Crippen LogP contribution in [0.1, 0.15) is 24.2 Å². The first-order chi connectivity index (χ1) is 6.56. The highest BCUT2D eigenvalue weighted by Crippen LogP contribution is 2.25. The van der Waals surface area contributed by atoms with E-state index in [1.54, 1.807) is 6.07 Å². The summed E-state index contributed by atoms with van der Waals surface area (Å²) in [6.07, 6.45) is -0.845. The third-order valence-electron chi connectivity index (χ3n) is 1.98. The second-order valence-electron chi connectivity index (χ2n) is 3.03. The Kier molecular flexibility index (Phi) is 3.16. The SMILES string of the molecule is CC(O)c1ccc(CN)cc1[N+](=O)[O-]. The zero-order valence-electron chi connectivity index (χ0n) is 7.80. The van der Waals surface area contributed by atoms with Crippen LogP contribution in [0.25, 0.3) is 0 Å². The van der Waals surface area contributed by atoms with Crippen LogP contribution in [-0.2, 0) is 6.54 Å². The van der Waals surface area contributed by atoms with Crippen molar-refractivity contribution in [2.24, 2.45) is 5.73 Å². The molecule has 0 fully saturated rings. The number of hydrogen-bond acceptors (Lipinski definition) is 4. The van der Waals surface area contributed by atoms with E-state index in [1.165, 1.54) is 19.1 Å². The highest BCUT2D eigenvalue weighted by atomic mass is 16.6. The molecule has 5 heteroatoms. The predicted octanol–water partition coefficient (Wildman–Crippen LogP) is 1.11. The number of rotatable bonds is 3. The number of nitro groups is 1. The molecule has 1 rings (SSSR count). The number of nitrogens with two attached hydrogens (primary N) is 1. The fourth-order valence-corrected chi connectivity index (χ4v) is 1.23. The van der Waals surface area contributed by atoms with Gasteiger partial charge in [0.05, 0.1) is 16.6 Å². The molecular formula is C9H12N2O3. The van der Waals surface area contributed by atoms with Gasteiger partial charge in [-0.05, 0) is 18.6 Å². The van der Waals surface area contributed by atoms with Crippen LogP contribution >= 0.6 is 0 Å². The Bertz CT molecular complexity index is 350. The van der Waals surface area contributed by atoms with Crippen LogP contribution in [0.4, 0.5) is 5.69 Å². The van der Waals surface area contributed by atoms with Gasteiger partial charge >= 0.3 is 0 Å². The van der Waals surface area contributed by atoms with E-state index in [9.17, 15) is 15.2 Å². The number of nitro benzene ring substituents is 1. The Morgan fingerprint density at radius 2 is 2.29 bits per heavy atom. The van der Waals surface area contributed by atoms with Crippen LogP contribution < -0.4 is 5.73 Å². The van der Waals surface area contributed by atoms with Gasteiger partial charge in [-0.2, -0.15) is 0 Å². The van der Waals surface area contributed by atoms with Gasteiger partial charge in [-0.15, -0.1) is 0 Å².